The number of rotatable bonds is 3. The first-order valence-electron chi connectivity index (χ1n) is 4.81. The lowest BCUT2D eigenvalue weighted by molar-refractivity contribution is -0.138. The number of thioether (sulfide) groups is 1. The second kappa shape index (κ2) is 4.71. The summed E-state index contributed by atoms with van der Waals surface area (Å²) in [6, 6.07) is 3.18. The number of aromatic nitrogens is 1. The molecule has 2 rings (SSSR count). The van der Waals surface area contributed by atoms with E-state index in [9.17, 15) is 4.79 Å². The third-order valence-corrected chi connectivity index (χ3v) is 3.62. The van der Waals surface area contributed by atoms with E-state index in [0.29, 0.717) is 11.6 Å². The van der Waals surface area contributed by atoms with Gasteiger partial charge in [-0.3, -0.25) is 10.1 Å². The molecule has 2 heterocycles. The van der Waals surface area contributed by atoms with E-state index in [-0.39, 0.29) is 5.37 Å². The number of pyridine rings is 1. The van der Waals surface area contributed by atoms with Crippen molar-refractivity contribution in [1.29, 1.82) is 0 Å². The number of nitrogens with zero attached hydrogens (tertiary/aromatic N) is 1. The first-order valence-corrected chi connectivity index (χ1v) is 5.86. The van der Waals surface area contributed by atoms with Crippen LogP contribution in [0.25, 0.3) is 0 Å². The summed E-state index contributed by atoms with van der Waals surface area (Å²) in [4.78, 5) is 14.9. The van der Waals surface area contributed by atoms with Crippen molar-refractivity contribution in [3.8, 4) is 5.88 Å². The van der Waals surface area contributed by atoms with Crippen LogP contribution in [-0.2, 0) is 4.79 Å². The van der Waals surface area contributed by atoms with Gasteiger partial charge in [-0.2, -0.15) is 0 Å². The lowest BCUT2D eigenvalue weighted by atomic mass is 10.2. The van der Waals surface area contributed by atoms with Gasteiger partial charge in [-0.25, -0.2) is 4.98 Å². The zero-order valence-electron chi connectivity index (χ0n) is 8.71. The maximum Gasteiger partial charge on any atom is 0.321 e. The zero-order valence-corrected chi connectivity index (χ0v) is 9.53. The molecule has 16 heavy (non-hydrogen) atoms. The lowest BCUT2D eigenvalue weighted by Crippen LogP contribution is -2.33. The van der Waals surface area contributed by atoms with Gasteiger partial charge in [0.15, 0.2) is 0 Å². The van der Waals surface area contributed by atoms with E-state index >= 15 is 0 Å². The second-order valence-electron chi connectivity index (χ2n) is 3.40. The molecule has 6 heteroatoms. The van der Waals surface area contributed by atoms with Crippen LogP contribution in [0.15, 0.2) is 18.3 Å². The highest BCUT2D eigenvalue weighted by Gasteiger charge is 2.30. The van der Waals surface area contributed by atoms with Gasteiger partial charge < -0.3 is 9.84 Å². The van der Waals surface area contributed by atoms with Crippen LogP contribution in [-0.4, -0.2) is 35.0 Å². The molecule has 1 saturated heterocycles. The zero-order chi connectivity index (χ0) is 11.5. The molecule has 1 fully saturated rings. The summed E-state index contributed by atoms with van der Waals surface area (Å²) in [5.74, 6) is 0.324. The van der Waals surface area contributed by atoms with E-state index in [0.717, 1.165) is 5.56 Å². The van der Waals surface area contributed by atoms with E-state index in [1.165, 1.54) is 0 Å². The minimum Gasteiger partial charge on any atom is -0.481 e. The Kier molecular flexibility index (Phi) is 3.31. The maximum absolute atomic E-state index is 10.8. The van der Waals surface area contributed by atoms with Crippen molar-refractivity contribution in [3.63, 3.8) is 0 Å². The van der Waals surface area contributed by atoms with Crippen molar-refractivity contribution in [2.75, 3.05) is 12.9 Å². The molecule has 0 aliphatic carbocycles. The highest BCUT2D eigenvalue weighted by atomic mass is 32.2. The topological polar surface area (TPSA) is 71.5 Å². The molecule has 0 radical (unpaired) electrons. The molecule has 2 N–H and O–H groups in total. The lowest BCUT2D eigenvalue weighted by Gasteiger charge is -2.10. The van der Waals surface area contributed by atoms with Crippen LogP contribution in [0, 0.1) is 0 Å². The highest BCUT2D eigenvalue weighted by molar-refractivity contribution is 7.99. The summed E-state index contributed by atoms with van der Waals surface area (Å²) < 4.78 is 4.96. The monoisotopic (exact) mass is 240 g/mol. The van der Waals surface area contributed by atoms with Crippen LogP contribution < -0.4 is 10.1 Å². The maximum atomic E-state index is 10.8. The Morgan fingerprint density at radius 3 is 3.00 bits per heavy atom. The number of carbonyl (C=O) groups is 1. The Balaban J connectivity index is 2.05. The number of carboxylic acid groups (broad SMARTS) is 1. The molecule has 0 bridgehead atoms. The summed E-state index contributed by atoms with van der Waals surface area (Å²) in [6.07, 6.45) is 1.70. The molecule has 1 aliphatic rings. The van der Waals surface area contributed by atoms with E-state index in [1.807, 2.05) is 6.07 Å². The smallest absolute Gasteiger partial charge is 0.321 e. The molecule has 0 spiro atoms. The molecular formula is C10H12N2O3S. The largest absolute Gasteiger partial charge is 0.481 e. The number of carboxylic acids is 1. The summed E-state index contributed by atoms with van der Waals surface area (Å²) in [7, 11) is 1.56. The Morgan fingerprint density at radius 1 is 1.69 bits per heavy atom. The average molecular weight is 240 g/mol. The predicted molar refractivity (Wildman–Crippen MR) is 60.5 cm³/mol. The van der Waals surface area contributed by atoms with Crippen molar-refractivity contribution >= 4 is 17.7 Å². The predicted octanol–water partition coefficient (Wildman–Crippen LogP) is 0.878. The molecule has 86 valence electrons. The van der Waals surface area contributed by atoms with E-state index < -0.39 is 12.0 Å². The number of methoxy groups -OCH3 is 1. The van der Waals surface area contributed by atoms with Crippen LogP contribution in [0.3, 0.4) is 0 Å². The van der Waals surface area contributed by atoms with Gasteiger partial charge in [-0.15, -0.1) is 11.8 Å². The fraction of sp³-hybridized carbons (Fsp3) is 0.400. The molecule has 0 saturated carbocycles. The Bertz CT molecular complexity index is 382. The number of hydrogen-bond acceptors (Lipinski definition) is 5. The molecule has 1 aromatic heterocycles. The highest BCUT2D eigenvalue weighted by Crippen LogP contribution is 2.32. The van der Waals surface area contributed by atoms with Crippen molar-refractivity contribution < 1.29 is 14.6 Å². The van der Waals surface area contributed by atoms with Crippen LogP contribution in [0.2, 0.25) is 0 Å². The van der Waals surface area contributed by atoms with Crippen LogP contribution >= 0.6 is 11.8 Å². The van der Waals surface area contributed by atoms with Gasteiger partial charge >= 0.3 is 5.97 Å². The second-order valence-corrected chi connectivity index (χ2v) is 4.54. The number of hydrogen-bond donors (Lipinski definition) is 2. The molecule has 0 amide bonds. The van der Waals surface area contributed by atoms with Crippen molar-refractivity contribution in [3.05, 3.63) is 23.9 Å². The van der Waals surface area contributed by atoms with Crippen molar-refractivity contribution in [2.45, 2.75) is 11.4 Å². The van der Waals surface area contributed by atoms with Gasteiger partial charge in [-0.1, -0.05) is 0 Å². The standard InChI is InChI=1S/C10H12N2O3S/c1-15-8-3-2-6(4-11-8)9-12-7(5-16-9)10(13)14/h2-4,7,9,12H,5H2,1H3,(H,13,14). The first kappa shape index (κ1) is 11.2. The minimum absolute atomic E-state index is 0.000457. The van der Waals surface area contributed by atoms with Gasteiger partial charge in [0, 0.05) is 18.0 Å². The van der Waals surface area contributed by atoms with Gasteiger partial charge in [0.1, 0.15) is 6.04 Å². The fourth-order valence-electron chi connectivity index (χ4n) is 1.47. The van der Waals surface area contributed by atoms with E-state index in [1.54, 1.807) is 31.1 Å². The first-order chi connectivity index (χ1) is 7.70. The van der Waals surface area contributed by atoms with Gasteiger partial charge in [0.05, 0.1) is 12.5 Å². The molecule has 2 unspecified atom stereocenters. The molecule has 1 aromatic rings. The van der Waals surface area contributed by atoms with Crippen molar-refractivity contribution in [2.24, 2.45) is 0 Å². The summed E-state index contributed by atoms with van der Waals surface area (Å²) in [5, 5.41) is 11.9. The fourth-order valence-corrected chi connectivity index (χ4v) is 2.69. The summed E-state index contributed by atoms with van der Waals surface area (Å²) in [5.41, 5.74) is 0.967. The van der Waals surface area contributed by atoms with Crippen molar-refractivity contribution in [1.82, 2.24) is 10.3 Å². The van der Waals surface area contributed by atoms with Crippen LogP contribution in [0.5, 0.6) is 5.88 Å². The SMILES string of the molecule is COc1ccc(C2NC(C(=O)O)CS2)cn1. The Labute approximate surface area is 97.2 Å². The molecule has 5 nitrogen and oxygen atoms in total. The normalized spacial score (nSPS) is 24.3. The van der Waals surface area contributed by atoms with Gasteiger partial charge in [0.25, 0.3) is 0 Å². The van der Waals surface area contributed by atoms with E-state index in [4.69, 9.17) is 9.84 Å². The average Bonchev–Trinajstić information content (AvgIpc) is 2.78. The van der Waals surface area contributed by atoms with Gasteiger partial charge in [0.2, 0.25) is 5.88 Å². The number of aliphatic carboxylic acids is 1. The van der Waals surface area contributed by atoms with Gasteiger partial charge in [-0.05, 0) is 11.6 Å². The quantitative estimate of drug-likeness (QED) is 0.817. The molecule has 1 aliphatic heterocycles. The molecule has 0 aromatic carbocycles. The summed E-state index contributed by atoms with van der Waals surface area (Å²) >= 11 is 1.57. The Morgan fingerprint density at radius 2 is 2.50 bits per heavy atom. The Hall–Kier alpha value is -1.27. The summed E-state index contributed by atoms with van der Waals surface area (Å²) in [6.45, 7) is 0. The third-order valence-electron chi connectivity index (χ3n) is 2.35. The molecule has 2 atom stereocenters. The van der Waals surface area contributed by atoms with Crippen LogP contribution in [0.4, 0.5) is 0 Å². The third kappa shape index (κ3) is 2.28. The van der Waals surface area contributed by atoms with Crippen LogP contribution in [0.1, 0.15) is 10.9 Å². The minimum atomic E-state index is -0.809. The van der Waals surface area contributed by atoms with E-state index in [2.05, 4.69) is 10.3 Å². The number of ether oxygens (including phenoxy) is 1. The number of nitrogens with one attached hydrogen (secondary N) is 1. The molecular weight excluding hydrogens is 228 g/mol.